The van der Waals surface area contributed by atoms with Gasteiger partial charge < -0.3 is 19.9 Å². The number of anilines is 3. The Hall–Kier alpha value is -3.75. The summed E-state index contributed by atoms with van der Waals surface area (Å²) in [6.45, 7) is 3.81. The molecule has 1 amide bonds. The standard InChI is InChI=1S/C18H17N5O4/c1-3-26-18(25)12-4-6-13(7-5-12)19-17(24)14-8-9-15(22-21-14)20-16-10-11(2)27-23-16/h4-10H,3H2,1-2H3,(H,19,24)(H,20,22,23). The first-order chi connectivity index (χ1) is 13.0. The normalized spacial score (nSPS) is 10.3. The quantitative estimate of drug-likeness (QED) is 0.638. The average Bonchev–Trinajstić information content (AvgIpc) is 3.08. The van der Waals surface area contributed by atoms with Crippen LogP contribution in [0.25, 0.3) is 0 Å². The van der Waals surface area contributed by atoms with Crippen LogP contribution >= 0.6 is 0 Å². The van der Waals surface area contributed by atoms with Crippen LogP contribution in [0.5, 0.6) is 0 Å². The van der Waals surface area contributed by atoms with E-state index in [2.05, 4.69) is 26.0 Å². The van der Waals surface area contributed by atoms with E-state index in [0.29, 0.717) is 35.3 Å². The number of hydrogen-bond donors (Lipinski definition) is 2. The smallest absolute Gasteiger partial charge is 0.338 e. The van der Waals surface area contributed by atoms with Crippen molar-refractivity contribution in [3.63, 3.8) is 0 Å². The second-order valence-electron chi connectivity index (χ2n) is 5.50. The number of aryl methyl sites for hydroxylation is 1. The SMILES string of the molecule is CCOC(=O)c1ccc(NC(=O)c2ccc(Nc3cc(C)on3)nn2)cc1. The number of aromatic nitrogens is 3. The van der Waals surface area contributed by atoms with Gasteiger partial charge in [0.15, 0.2) is 17.3 Å². The summed E-state index contributed by atoms with van der Waals surface area (Å²) in [6.07, 6.45) is 0. The van der Waals surface area contributed by atoms with Crippen molar-refractivity contribution in [2.75, 3.05) is 17.2 Å². The van der Waals surface area contributed by atoms with Gasteiger partial charge in [0.2, 0.25) is 0 Å². The van der Waals surface area contributed by atoms with E-state index in [1.807, 2.05) is 0 Å². The van der Waals surface area contributed by atoms with E-state index in [-0.39, 0.29) is 5.69 Å². The summed E-state index contributed by atoms with van der Waals surface area (Å²) in [5.74, 6) is 0.761. The maximum atomic E-state index is 12.3. The van der Waals surface area contributed by atoms with Crippen LogP contribution in [-0.4, -0.2) is 33.8 Å². The molecule has 0 fully saturated rings. The molecule has 27 heavy (non-hydrogen) atoms. The summed E-state index contributed by atoms with van der Waals surface area (Å²) >= 11 is 0. The number of rotatable bonds is 6. The molecule has 0 saturated carbocycles. The molecule has 0 aliphatic rings. The van der Waals surface area contributed by atoms with Crippen molar-refractivity contribution in [2.24, 2.45) is 0 Å². The number of benzene rings is 1. The van der Waals surface area contributed by atoms with Crippen molar-refractivity contribution < 1.29 is 18.8 Å². The molecule has 0 radical (unpaired) electrons. The van der Waals surface area contributed by atoms with Gasteiger partial charge in [0, 0.05) is 11.8 Å². The first kappa shape index (κ1) is 18.1. The third-order valence-corrected chi connectivity index (χ3v) is 3.44. The number of ether oxygens (including phenoxy) is 1. The van der Waals surface area contributed by atoms with E-state index < -0.39 is 11.9 Å². The minimum absolute atomic E-state index is 0.145. The van der Waals surface area contributed by atoms with Gasteiger partial charge in [-0.1, -0.05) is 5.16 Å². The molecule has 2 N–H and O–H groups in total. The summed E-state index contributed by atoms with van der Waals surface area (Å²) in [5, 5.41) is 17.2. The number of amides is 1. The van der Waals surface area contributed by atoms with Gasteiger partial charge in [-0.15, -0.1) is 10.2 Å². The molecule has 3 rings (SSSR count). The maximum absolute atomic E-state index is 12.3. The highest BCUT2D eigenvalue weighted by Gasteiger charge is 2.11. The lowest BCUT2D eigenvalue weighted by molar-refractivity contribution is 0.0526. The van der Waals surface area contributed by atoms with E-state index in [9.17, 15) is 9.59 Å². The largest absolute Gasteiger partial charge is 0.462 e. The molecular weight excluding hydrogens is 350 g/mol. The number of nitrogens with one attached hydrogen (secondary N) is 2. The highest BCUT2D eigenvalue weighted by atomic mass is 16.5. The van der Waals surface area contributed by atoms with Crippen molar-refractivity contribution in [3.8, 4) is 0 Å². The fraction of sp³-hybridized carbons (Fsp3) is 0.167. The minimum Gasteiger partial charge on any atom is -0.462 e. The van der Waals surface area contributed by atoms with Gasteiger partial charge in [-0.3, -0.25) is 4.79 Å². The Morgan fingerprint density at radius 3 is 2.44 bits per heavy atom. The third-order valence-electron chi connectivity index (χ3n) is 3.44. The van der Waals surface area contributed by atoms with Gasteiger partial charge in [-0.2, -0.15) is 0 Å². The fourth-order valence-electron chi connectivity index (χ4n) is 2.18. The van der Waals surface area contributed by atoms with Crippen LogP contribution in [0.15, 0.2) is 47.0 Å². The van der Waals surface area contributed by atoms with Crippen LogP contribution in [0.2, 0.25) is 0 Å². The molecular formula is C18H17N5O4. The highest BCUT2D eigenvalue weighted by molar-refractivity contribution is 6.03. The number of esters is 1. The van der Waals surface area contributed by atoms with Gasteiger partial charge in [-0.05, 0) is 50.2 Å². The van der Waals surface area contributed by atoms with Gasteiger partial charge in [-0.25, -0.2) is 4.79 Å². The Labute approximate surface area is 154 Å². The van der Waals surface area contributed by atoms with Crippen LogP contribution in [0.3, 0.4) is 0 Å². The molecule has 0 saturated heterocycles. The second-order valence-corrected chi connectivity index (χ2v) is 5.50. The zero-order valence-electron chi connectivity index (χ0n) is 14.7. The molecule has 138 valence electrons. The first-order valence-corrected chi connectivity index (χ1v) is 8.18. The lowest BCUT2D eigenvalue weighted by Crippen LogP contribution is -2.14. The van der Waals surface area contributed by atoms with Crippen molar-refractivity contribution in [1.82, 2.24) is 15.4 Å². The summed E-state index contributed by atoms with van der Waals surface area (Å²) in [5.41, 5.74) is 1.08. The monoisotopic (exact) mass is 367 g/mol. The molecule has 2 aromatic heterocycles. The molecule has 0 atom stereocenters. The summed E-state index contributed by atoms with van der Waals surface area (Å²) in [6, 6.07) is 11.2. The molecule has 0 aliphatic carbocycles. The topological polar surface area (TPSA) is 119 Å². The van der Waals surface area contributed by atoms with E-state index in [1.165, 1.54) is 6.07 Å². The number of nitrogens with zero attached hydrogens (tertiary/aromatic N) is 3. The maximum Gasteiger partial charge on any atom is 0.338 e. The van der Waals surface area contributed by atoms with Crippen LogP contribution < -0.4 is 10.6 Å². The number of carbonyl (C=O) groups is 2. The molecule has 3 aromatic rings. The van der Waals surface area contributed by atoms with E-state index in [4.69, 9.17) is 9.26 Å². The van der Waals surface area contributed by atoms with Gasteiger partial charge >= 0.3 is 5.97 Å². The van der Waals surface area contributed by atoms with E-state index >= 15 is 0 Å². The molecule has 0 bridgehead atoms. The average molecular weight is 367 g/mol. The van der Waals surface area contributed by atoms with Crippen molar-refractivity contribution in [1.29, 1.82) is 0 Å². The van der Waals surface area contributed by atoms with Gasteiger partial charge in [0.05, 0.1) is 12.2 Å². The second kappa shape index (κ2) is 8.09. The Bertz CT molecular complexity index is 935. The van der Waals surface area contributed by atoms with Crippen molar-refractivity contribution in [3.05, 3.63) is 59.5 Å². The lowest BCUT2D eigenvalue weighted by atomic mass is 10.2. The molecule has 9 heteroatoms. The van der Waals surface area contributed by atoms with Crippen molar-refractivity contribution >= 4 is 29.2 Å². The zero-order valence-corrected chi connectivity index (χ0v) is 14.7. The number of carbonyl (C=O) groups excluding carboxylic acids is 2. The Kier molecular flexibility index (Phi) is 5.41. The van der Waals surface area contributed by atoms with Crippen LogP contribution in [-0.2, 0) is 4.74 Å². The molecule has 0 aliphatic heterocycles. The Morgan fingerprint density at radius 1 is 1.07 bits per heavy atom. The molecule has 0 spiro atoms. The van der Waals surface area contributed by atoms with Crippen LogP contribution in [0.4, 0.5) is 17.3 Å². The molecule has 0 unspecified atom stereocenters. The number of hydrogen-bond acceptors (Lipinski definition) is 8. The summed E-state index contributed by atoms with van der Waals surface area (Å²) in [4.78, 5) is 23.9. The molecule has 9 nitrogen and oxygen atoms in total. The van der Waals surface area contributed by atoms with E-state index in [1.54, 1.807) is 50.2 Å². The Morgan fingerprint density at radius 2 is 1.85 bits per heavy atom. The van der Waals surface area contributed by atoms with E-state index in [0.717, 1.165) is 0 Å². The van der Waals surface area contributed by atoms with Crippen molar-refractivity contribution in [2.45, 2.75) is 13.8 Å². The Balaban J connectivity index is 1.61. The fourth-order valence-corrected chi connectivity index (χ4v) is 2.18. The van der Waals surface area contributed by atoms with Gasteiger partial charge in [0.1, 0.15) is 5.76 Å². The predicted octanol–water partition coefficient (Wildman–Crippen LogP) is 2.95. The van der Waals surface area contributed by atoms with Crippen LogP contribution in [0.1, 0.15) is 33.5 Å². The third kappa shape index (κ3) is 4.66. The summed E-state index contributed by atoms with van der Waals surface area (Å²) in [7, 11) is 0. The zero-order chi connectivity index (χ0) is 19.2. The highest BCUT2D eigenvalue weighted by Crippen LogP contribution is 2.15. The predicted molar refractivity (Wildman–Crippen MR) is 96.9 cm³/mol. The molecule has 1 aromatic carbocycles. The molecule has 2 heterocycles. The summed E-state index contributed by atoms with van der Waals surface area (Å²) < 4.78 is 9.86. The minimum atomic E-state index is -0.421. The first-order valence-electron chi connectivity index (χ1n) is 8.18. The van der Waals surface area contributed by atoms with Gasteiger partial charge in [0.25, 0.3) is 5.91 Å². The van der Waals surface area contributed by atoms with Crippen LogP contribution in [0, 0.1) is 6.92 Å². The lowest BCUT2D eigenvalue weighted by Gasteiger charge is -2.06.